The number of nitrogens with two attached hydrogens (primary N) is 1. The molecular weight excluding hydrogens is 242 g/mol. The van der Waals surface area contributed by atoms with Gasteiger partial charge in [0.2, 0.25) is 0 Å². The van der Waals surface area contributed by atoms with E-state index in [0.29, 0.717) is 0 Å². The van der Waals surface area contributed by atoms with Crippen LogP contribution < -0.4 is 5.90 Å². The number of esters is 2. The Balaban J connectivity index is 3.79. The highest BCUT2D eigenvalue weighted by Crippen LogP contribution is 2.01. The lowest BCUT2D eigenvalue weighted by Crippen LogP contribution is -2.17. The Morgan fingerprint density at radius 2 is 1.61 bits per heavy atom. The molecule has 7 nitrogen and oxygen atoms in total. The third-order valence-electron chi connectivity index (χ3n) is 1.68. The average molecular weight is 257 g/mol. The summed E-state index contributed by atoms with van der Waals surface area (Å²) in [5, 5.41) is 0. The van der Waals surface area contributed by atoms with Crippen molar-refractivity contribution in [2.45, 2.75) is 13.3 Å². The molecule has 0 aromatic rings. The first kappa shape index (κ1) is 15.9. The molecular formula is C11H15NO6. The van der Waals surface area contributed by atoms with Crippen LogP contribution >= 0.6 is 0 Å². The number of ether oxygens (including phenoxy) is 2. The fourth-order valence-electron chi connectivity index (χ4n) is 0.794. The second-order valence-corrected chi connectivity index (χ2v) is 3.32. The first-order chi connectivity index (χ1) is 8.38. The van der Waals surface area contributed by atoms with E-state index >= 15 is 0 Å². The number of rotatable bonds is 7. The monoisotopic (exact) mass is 257 g/mol. The molecule has 0 aromatic carbocycles. The molecule has 0 spiro atoms. The summed E-state index contributed by atoms with van der Waals surface area (Å²) in [4.78, 5) is 36.8. The number of hydrogen-bond acceptors (Lipinski definition) is 7. The van der Waals surface area contributed by atoms with Gasteiger partial charge in [-0.05, 0) is 6.92 Å². The quantitative estimate of drug-likeness (QED) is 0.296. The molecule has 2 N–H and O–H groups in total. The molecule has 7 heteroatoms. The van der Waals surface area contributed by atoms with E-state index in [9.17, 15) is 14.4 Å². The third kappa shape index (κ3) is 6.44. The molecule has 0 unspecified atom stereocenters. The van der Waals surface area contributed by atoms with Crippen molar-refractivity contribution < 1.29 is 28.7 Å². The van der Waals surface area contributed by atoms with Gasteiger partial charge in [0.1, 0.15) is 13.2 Å². The normalized spacial score (nSPS) is 9.22. The third-order valence-corrected chi connectivity index (χ3v) is 1.68. The molecule has 0 aliphatic rings. The fraction of sp³-hybridized carbons (Fsp3) is 0.364. The van der Waals surface area contributed by atoms with Crippen LogP contribution in [0.25, 0.3) is 0 Å². The lowest BCUT2D eigenvalue weighted by atomic mass is 10.2. The summed E-state index contributed by atoms with van der Waals surface area (Å²) in [6, 6.07) is 0. The van der Waals surface area contributed by atoms with Crippen molar-refractivity contribution >= 4 is 17.9 Å². The Labute approximate surface area is 104 Å². The molecule has 0 bridgehead atoms. The van der Waals surface area contributed by atoms with Crippen molar-refractivity contribution in [3.05, 3.63) is 24.3 Å². The van der Waals surface area contributed by atoms with Gasteiger partial charge in [-0.2, -0.15) is 5.90 Å². The van der Waals surface area contributed by atoms with E-state index in [4.69, 9.17) is 0 Å². The Morgan fingerprint density at radius 1 is 1.06 bits per heavy atom. The van der Waals surface area contributed by atoms with E-state index in [1.165, 1.54) is 6.92 Å². The van der Waals surface area contributed by atoms with Gasteiger partial charge in [-0.1, -0.05) is 13.2 Å². The van der Waals surface area contributed by atoms with Crippen LogP contribution in [0.5, 0.6) is 0 Å². The predicted octanol–water partition coefficient (Wildman–Crippen LogP) is 0.0121. The number of hydrogen-bond donors (Lipinski definition) is 1. The van der Waals surface area contributed by atoms with E-state index < -0.39 is 17.9 Å². The summed E-state index contributed by atoms with van der Waals surface area (Å²) in [5.74, 6) is 2.45. The van der Waals surface area contributed by atoms with Gasteiger partial charge in [0, 0.05) is 11.1 Å². The van der Waals surface area contributed by atoms with Crippen molar-refractivity contribution in [3.8, 4) is 0 Å². The van der Waals surface area contributed by atoms with Crippen LogP contribution in [0.1, 0.15) is 13.3 Å². The Hall–Kier alpha value is -2.15. The van der Waals surface area contributed by atoms with Crippen molar-refractivity contribution in [1.82, 2.24) is 0 Å². The molecule has 0 aromatic heterocycles. The van der Waals surface area contributed by atoms with Crippen molar-refractivity contribution in [3.63, 3.8) is 0 Å². The lowest BCUT2D eigenvalue weighted by Gasteiger charge is -2.06. The second-order valence-electron chi connectivity index (χ2n) is 3.32. The largest absolute Gasteiger partial charge is 0.462 e. The second kappa shape index (κ2) is 8.02. The maximum absolute atomic E-state index is 11.2. The Bertz CT molecular complexity index is 374. The zero-order valence-corrected chi connectivity index (χ0v) is 10.1. The minimum atomic E-state index is -0.888. The highest BCUT2D eigenvalue weighted by molar-refractivity contribution is 5.93. The van der Waals surface area contributed by atoms with E-state index in [2.05, 4.69) is 33.4 Å². The standard InChI is InChI=1S/C11H15NO6/c1-7(2)10(14)17-5-4-16-9(13)6-8(3)11(15)18-12/h1,3-6,12H2,2H3. The van der Waals surface area contributed by atoms with Crippen molar-refractivity contribution in [1.29, 1.82) is 0 Å². The summed E-state index contributed by atoms with van der Waals surface area (Å²) >= 11 is 0. The van der Waals surface area contributed by atoms with Crippen LogP contribution in [-0.2, 0) is 28.7 Å². The number of carbonyl (C=O) groups excluding carboxylic acids is 3. The summed E-state index contributed by atoms with van der Waals surface area (Å²) in [5.41, 5.74) is 0.127. The van der Waals surface area contributed by atoms with Crippen LogP contribution in [0.3, 0.4) is 0 Å². The smallest absolute Gasteiger partial charge is 0.352 e. The maximum Gasteiger partial charge on any atom is 0.352 e. The van der Waals surface area contributed by atoms with Crippen LogP contribution in [0, 0.1) is 0 Å². The van der Waals surface area contributed by atoms with E-state index in [1.54, 1.807) is 0 Å². The average Bonchev–Trinajstić information content (AvgIpc) is 2.32. The van der Waals surface area contributed by atoms with Gasteiger partial charge in [-0.25, -0.2) is 9.59 Å². The van der Waals surface area contributed by atoms with Gasteiger partial charge in [0.05, 0.1) is 6.42 Å². The molecule has 0 radical (unpaired) electrons. The lowest BCUT2D eigenvalue weighted by molar-refractivity contribution is -0.150. The van der Waals surface area contributed by atoms with Crippen molar-refractivity contribution in [2.75, 3.05) is 13.2 Å². The fourth-order valence-corrected chi connectivity index (χ4v) is 0.794. The van der Waals surface area contributed by atoms with E-state index in [1.807, 2.05) is 0 Å². The van der Waals surface area contributed by atoms with Gasteiger partial charge in [0.15, 0.2) is 0 Å². The summed E-state index contributed by atoms with van der Waals surface area (Å²) in [6.45, 7) is 7.96. The SMILES string of the molecule is C=C(C)C(=O)OCCOC(=O)CC(=C)C(=O)ON. The topological polar surface area (TPSA) is 105 Å². The van der Waals surface area contributed by atoms with Gasteiger partial charge in [-0.15, -0.1) is 0 Å². The van der Waals surface area contributed by atoms with E-state index in [-0.39, 0.29) is 30.8 Å². The molecule has 0 saturated heterocycles. The summed E-state index contributed by atoms with van der Waals surface area (Å²) in [7, 11) is 0. The van der Waals surface area contributed by atoms with Crippen LogP contribution in [-0.4, -0.2) is 31.1 Å². The molecule has 0 aliphatic heterocycles. The van der Waals surface area contributed by atoms with E-state index in [0.717, 1.165) is 0 Å². The molecule has 0 atom stereocenters. The minimum Gasteiger partial charge on any atom is -0.462 e. The summed E-state index contributed by atoms with van der Waals surface area (Å²) in [6.07, 6.45) is -0.343. The molecule has 0 amide bonds. The van der Waals surface area contributed by atoms with Crippen LogP contribution in [0.2, 0.25) is 0 Å². The minimum absolute atomic E-state index is 0.0920. The highest BCUT2D eigenvalue weighted by Gasteiger charge is 2.13. The first-order valence-corrected chi connectivity index (χ1v) is 4.95. The highest BCUT2D eigenvalue weighted by atomic mass is 16.7. The zero-order valence-electron chi connectivity index (χ0n) is 10.1. The molecule has 100 valence electrons. The number of carbonyl (C=O) groups is 3. The van der Waals surface area contributed by atoms with Gasteiger partial charge < -0.3 is 14.3 Å². The van der Waals surface area contributed by atoms with Crippen LogP contribution in [0.15, 0.2) is 24.3 Å². The molecule has 0 saturated carbocycles. The molecule has 0 aliphatic carbocycles. The van der Waals surface area contributed by atoms with Gasteiger partial charge in [-0.3, -0.25) is 4.79 Å². The van der Waals surface area contributed by atoms with Crippen molar-refractivity contribution in [2.24, 2.45) is 5.90 Å². The van der Waals surface area contributed by atoms with Gasteiger partial charge >= 0.3 is 17.9 Å². The molecule has 0 heterocycles. The molecule has 0 rings (SSSR count). The van der Waals surface area contributed by atoms with Gasteiger partial charge in [0.25, 0.3) is 0 Å². The summed E-state index contributed by atoms with van der Waals surface area (Å²) < 4.78 is 9.36. The Kier molecular flexibility index (Phi) is 7.06. The molecule has 18 heavy (non-hydrogen) atoms. The molecule has 0 fully saturated rings. The first-order valence-electron chi connectivity index (χ1n) is 4.95. The van der Waals surface area contributed by atoms with Crippen LogP contribution in [0.4, 0.5) is 0 Å². The predicted molar refractivity (Wildman–Crippen MR) is 60.8 cm³/mol. The Morgan fingerprint density at radius 3 is 2.11 bits per heavy atom. The zero-order chi connectivity index (χ0) is 14.1. The maximum atomic E-state index is 11.2.